The molecule has 7 nitrogen and oxygen atoms in total. The molecule has 0 aliphatic rings. The summed E-state index contributed by atoms with van der Waals surface area (Å²) in [5.41, 5.74) is 5.65. The summed E-state index contributed by atoms with van der Waals surface area (Å²) in [7, 11) is -4.30. The summed E-state index contributed by atoms with van der Waals surface area (Å²) in [6, 6.07) is 1.47. The van der Waals surface area contributed by atoms with Gasteiger partial charge < -0.3 is 20.6 Å². The number of hydrogen-bond acceptors (Lipinski definition) is 4. The predicted molar refractivity (Wildman–Crippen MR) is 55.2 cm³/mol. The normalized spacial score (nSPS) is 13.4. The lowest BCUT2D eigenvalue weighted by molar-refractivity contribution is -0.138. The Kier molecular flexibility index (Phi) is 3.77. The summed E-state index contributed by atoms with van der Waals surface area (Å²) < 4.78 is 10.8. The van der Waals surface area contributed by atoms with Gasteiger partial charge in [-0.2, -0.15) is 0 Å². The minimum atomic E-state index is -4.30. The number of rotatable bonds is 4. The van der Waals surface area contributed by atoms with E-state index in [2.05, 4.69) is 4.98 Å². The standard InChI is InChI=1S/C8H11N2O5P/c9-7(8(11)12)3-5-1-2-6(4-10-5)16(13,14)15/h1-2,4,7H,3,9H2,(H,11,12)(H2,13,14,15)/t7-/m0/s1. The number of nitrogens with two attached hydrogens (primary N) is 1. The van der Waals surface area contributed by atoms with Gasteiger partial charge in [0.15, 0.2) is 0 Å². The molecule has 0 aliphatic carbocycles. The third kappa shape index (κ3) is 3.39. The molecule has 16 heavy (non-hydrogen) atoms. The maximum Gasteiger partial charge on any atom is 0.357 e. The molecule has 8 heteroatoms. The van der Waals surface area contributed by atoms with Crippen LogP contribution in [0.25, 0.3) is 0 Å². The number of aliphatic carboxylic acids is 1. The first-order chi connectivity index (χ1) is 7.30. The molecule has 1 atom stereocenters. The maximum atomic E-state index is 10.8. The van der Waals surface area contributed by atoms with Crippen molar-refractivity contribution < 1.29 is 24.3 Å². The van der Waals surface area contributed by atoms with E-state index >= 15 is 0 Å². The van der Waals surface area contributed by atoms with Crippen LogP contribution in [-0.4, -0.2) is 31.9 Å². The van der Waals surface area contributed by atoms with E-state index < -0.39 is 19.6 Å². The number of carboxylic acids is 1. The Bertz CT molecular complexity index is 427. The van der Waals surface area contributed by atoms with Gasteiger partial charge in [0.2, 0.25) is 0 Å². The Morgan fingerprint density at radius 3 is 2.50 bits per heavy atom. The molecule has 1 aromatic rings. The number of carbonyl (C=O) groups is 1. The minimum absolute atomic E-state index is 0.0107. The third-order valence-electron chi connectivity index (χ3n) is 1.89. The van der Waals surface area contributed by atoms with Crippen LogP contribution in [-0.2, 0) is 15.8 Å². The molecule has 1 rings (SSSR count). The van der Waals surface area contributed by atoms with Gasteiger partial charge in [-0.1, -0.05) is 0 Å². The summed E-state index contributed by atoms with van der Waals surface area (Å²) in [6.07, 6.45) is 1.03. The van der Waals surface area contributed by atoms with E-state index in [0.717, 1.165) is 6.20 Å². The second-order valence-corrected chi connectivity index (χ2v) is 4.81. The average Bonchev–Trinajstić information content (AvgIpc) is 2.17. The number of aromatic nitrogens is 1. The van der Waals surface area contributed by atoms with Gasteiger partial charge in [0.1, 0.15) is 6.04 Å². The van der Waals surface area contributed by atoms with E-state index in [-0.39, 0.29) is 11.7 Å². The highest BCUT2D eigenvalue weighted by molar-refractivity contribution is 7.60. The molecule has 88 valence electrons. The van der Waals surface area contributed by atoms with Crippen molar-refractivity contribution in [3.05, 3.63) is 24.0 Å². The Morgan fingerprint density at radius 1 is 1.50 bits per heavy atom. The first kappa shape index (κ1) is 12.8. The van der Waals surface area contributed by atoms with Crippen LogP contribution in [0.3, 0.4) is 0 Å². The highest BCUT2D eigenvalue weighted by atomic mass is 31.2. The van der Waals surface area contributed by atoms with Crippen LogP contribution in [0.1, 0.15) is 5.69 Å². The van der Waals surface area contributed by atoms with Gasteiger partial charge in [-0.05, 0) is 12.1 Å². The van der Waals surface area contributed by atoms with Gasteiger partial charge in [0.05, 0.1) is 5.30 Å². The van der Waals surface area contributed by atoms with Crippen LogP contribution < -0.4 is 11.0 Å². The van der Waals surface area contributed by atoms with E-state index in [4.69, 9.17) is 20.6 Å². The fraction of sp³-hybridized carbons (Fsp3) is 0.250. The zero-order valence-electron chi connectivity index (χ0n) is 8.15. The summed E-state index contributed by atoms with van der Waals surface area (Å²) >= 11 is 0. The van der Waals surface area contributed by atoms with Crippen LogP contribution in [0, 0.1) is 0 Å². The molecule has 1 heterocycles. The lowest BCUT2D eigenvalue weighted by Crippen LogP contribution is -2.32. The Hall–Kier alpha value is -1.27. The molecule has 0 fully saturated rings. The highest BCUT2D eigenvalue weighted by Gasteiger charge is 2.18. The number of hydrogen-bond donors (Lipinski definition) is 4. The highest BCUT2D eigenvalue weighted by Crippen LogP contribution is 2.32. The monoisotopic (exact) mass is 246 g/mol. The second kappa shape index (κ2) is 4.71. The van der Waals surface area contributed by atoms with Crippen molar-refractivity contribution in [2.24, 2.45) is 5.73 Å². The Labute approximate surface area is 91.1 Å². The zero-order chi connectivity index (χ0) is 12.3. The molecule has 0 amide bonds. The summed E-state index contributed by atoms with van der Waals surface area (Å²) in [6.45, 7) is 0. The first-order valence-electron chi connectivity index (χ1n) is 4.30. The molecule has 0 aromatic carbocycles. The molecule has 0 unspecified atom stereocenters. The average molecular weight is 246 g/mol. The molecule has 0 aliphatic heterocycles. The largest absolute Gasteiger partial charge is 0.480 e. The molecule has 5 N–H and O–H groups in total. The number of carboxylic acid groups (broad SMARTS) is 1. The third-order valence-corrected chi connectivity index (χ3v) is 2.83. The van der Waals surface area contributed by atoms with Crippen LogP contribution >= 0.6 is 7.60 Å². The SMILES string of the molecule is N[C@@H](Cc1ccc(P(=O)(O)O)cn1)C(=O)O. The van der Waals surface area contributed by atoms with Crippen molar-refractivity contribution in [3.8, 4) is 0 Å². The quantitative estimate of drug-likeness (QED) is 0.492. The molecular weight excluding hydrogens is 235 g/mol. The second-order valence-electron chi connectivity index (χ2n) is 3.20. The first-order valence-corrected chi connectivity index (χ1v) is 5.91. The molecule has 0 spiro atoms. The van der Waals surface area contributed by atoms with Crippen molar-refractivity contribution in [1.29, 1.82) is 0 Å². The van der Waals surface area contributed by atoms with Gasteiger partial charge in [-0.3, -0.25) is 14.3 Å². The zero-order valence-corrected chi connectivity index (χ0v) is 9.04. The summed E-state index contributed by atoms with van der Waals surface area (Å²) in [4.78, 5) is 31.8. The van der Waals surface area contributed by atoms with Gasteiger partial charge in [-0.25, -0.2) is 0 Å². The fourth-order valence-corrected chi connectivity index (χ4v) is 1.50. The lowest BCUT2D eigenvalue weighted by Gasteiger charge is -2.07. The van der Waals surface area contributed by atoms with E-state index in [0.29, 0.717) is 5.69 Å². The van der Waals surface area contributed by atoms with Crippen molar-refractivity contribution in [2.75, 3.05) is 0 Å². The van der Waals surface area contributed by atoms with Crippen molar-refractivity contribution in [3.63, 3.8) is 0 Å². The van der Waals surface area contributed by atoms with Crippen LogP contribution in [0.4, 0.5) is 0 Å². The van der Waals surface area contributed by atoms with Gasteiger partial charge in [0.25, 0.3) is 0 Å². The molecule has 0 saturated carbocycles. The molecule has 0 saturated heterocycles. The van der Waals surface area contributed by atoms with Crippen molar-refractivity contribution in [1.82, 2.24) is 4.98 Å². The maximum absolute atomic E-state index is 10.8. The molecule has 1 aromatic heterocycles. The van der Waals surface area contributed by atoms with Crippen molar-refractivity contribution in [2.45, 2.75) is 12.5 Å². The van der Waals surface area contributed by atoms with Gasteiger partial charge >= 0.3 is 13.6 Å². The number of pyridine rings is 1. The lowest BCUT2D eigenvalue weighted by atomic mass is 10.1. The molecular formula is C8H11N2O5P. The van der Waals surface area contributed by atoms with Crippen LogP contribution in [0.15, 0.2) is 18.3 Å². The predicted octanol–water partition coefficient (Wildman–Crippen LogP) is -1.16. The van der Waals surface area contributed by atoms with Gasteiger partial charge in [-0.15, -0.1) is 0 Å². The van der Waals surface area contributed by atoms with E-state index in [1.165, 1.54) is 12.1 Å². The van der Waals surface area contributed by atoms with Crippen LogP contribution in [0.5, 0.6) is 0 Å². The molecule has 0 radical (unpaired) electrons. The smallest absolute Gasteiger partial charge is 0.357 e. The van der Waals surface area contributed by atoms with Crippen molar-refractivity contribution >= 4 is 18.9 Å². The minimum Gasteiger partial charge on any atom is -0.480 e. The molecule has 0 bridgehead atoms. The van der Waals surface area contributed by atoms with E-state index in [1.54, 1.807) is 0 Å². The topological polar surface area (TPSA) is 134 Å². The summed E-state index contributed by atoms with van der Waals surface area (Å²) in [5.74, 6) is -1.15. The van der Waals surface area contributed by atoms with Crippen LogP contribution in [0.2, 0.25) is 0 Å². The van der Waals surface area contributed by atoms with E-state index in [1.807, 2.05) is 0 Å². The summed E-state index contributed by atoms with van der Waals surface area (Å²) in [5, 5.41) is 8.34. The number of nitrogens with zero attached hydrogens (tertiary/aromatic N) is 1. The Morgan fingerprint density at radius 2 is 2.12 bits per heavy atom. The fourth-order valence-electron chi connectivity index (χ4n) is 1.02. The van der Waals surface area contributed by atoms with Gasteiger partial charge in [0, 0.05) is 18.3 Å². The Balaban J connectivity index is 2.80. The van der Waals surface area contributed by atoms with E-state index in [9.17, 15) is 9.36 Å².